The van der Waals surface area contributed by atoms with Crippen LogP contribution in [0.1, 0.15) is 0 Å². The van der Waals surface area contributed by atoms with Gasteiger partial charge in [-0.05, 0) is 17.5 Å². The van der Waals surface area contributed by atoms with E-state index < -0.39 is 5.75 Å². The largest absolute Gasteiger partial charge is 0.507 e. The number of pyridine rings is 2. The van der Waals surface area contributed by atoms with E-state index >= 15 is 0 Å². The monoisotopic (exact) mass is 324 g/mol. The van der Waals surface area contributed by atoms with E-state index in [9.17, 15) is 20.4 Å². The van der Waals surface area contributed by atoms with Crippen LogP contribution in [0.15, 0.2) is 42.7 Å². The smallest absolute Gasteiger partial charge is 0.223 e. The molecule has 0 fully saturated rings. The third kappa shape index (κ3) is 1.80. The van der Waals surface area contributed by atoms with Crippen molar-refractivity contribution in [3.63, 3.8) is 0 Å². The van der Waals surface area contributed by atoms with Gasteiger partial charge in [-0.25, -0.2) is 0 Å². The first-order valence-electron chi connectivity index (χ1n) is 7.22. The van der Waals surface area contributed by atoms with Crippen LogP contribution in [0, 0.1) is 0 Å². The van der Waals surface area contributed by atoms with E-state index in [0.29, 0.717) is 27.4 Å². The Morgan fingerprint density at radius 3 is 2.42 bits per heavy atom. The number of phenolic OH excluding ortho intramolecular Hbond substituents is 4. The lowest BCUT2D eigenvalue weighted by Gasteiger charge is -2.08. The van der Waals surface area contributed by atoms with Crippen molar-refractivity contribution in [2.75, 3.05) is 7.11 Å². The molecular weight excluding hydrogens is 310 g/mol. The number of aromatic hydroxyl groups is 4. The molecular formula is C18H14NO5+. The van der Waals surface area contributed by atoms with E-state index in [4.69, 9.17) is 4.74 Å². The number of phenols is 4. The summed E-state index contributed by atoms with van der Waals surface area (Å²) in [6, 6.07) is 7.92. The molecule has 4 aromatic rings. The highest BCUT2D eigenvalue weighted by atomic mass is 16.5. The average molecular weight is 324 g/mol. The zero-order chi connectivity index (χ0) is 17.0. The van der Waals surface area contributed by atoms with Crippen molar-refractivity contribution in [1.29, 1.82) is 0 Å². The minimum Gasteiger partial charge on any atom is -0.507 e. The molecule has 6 nitrogen and oxygen atoms in total. The molecule has 0 atom stereocenters. The number of fused-ring (bicyclic) bond motifs is 4. The summed E-state index contributed by atoms with van der Waals surface area (Å²) >= 11 is 0. The van der Waals surface area contributed by atoms with E-state index in [1.165, 1.54) is 7.11 Å². The molecule has 2 heterocycles. The van der Waals surface area contributed by atoms with Crippen molar-refractivity contribution in [3.05, 3.63) is 42.7 Å². The van der Waals surface area contributed by atoms with Gasteiger partial charge < -0.3 is 25.2 Å². The Labute approximate surface area is 136 Å². The van der Waals surface area contributed by atoms with Gasteiger partial charge in [-0.2, -0.15) is 4.40 Å². The van der Waals surface area contributed by atoms with Crippen LogP contribution in [0.3, 0.4) is 0 Å². The fourth-order valence-corrected chi connectivity index (χ4v) is 3.03. The highest BCUT2D eigenvalue weighted by molar-refractivity contribution is 6.05. The number of hydrogen-bond acceptors (Lipinski definition) is 5. The normalized spacial score (nSPS) is 11.4. The molecule has 0 aliphatic carbocycles. The number of hydrogen-bond donors (Lipinski definition) is 4. The molecule has 4 rings (SSSR count). The molecule has 2 aromatic carbocycles. The molecule has 0 unspecified atom stereocenters. The van der Waals surface area contributed by atoms with Crippen molar-refractivity contribution < 1.29 is 29.6 Å². The molecule has 2 aromatic heterocycles. The summed E-state index contributed by atoms with van der Waals surface area (Å²) in [7, 11) is 1.48. The number of rotatable bonds is 1. The highest BCUT2D eigenvalue weighted by Gasteiger charge is 2.20. The molecule has 0 amide bonds. The summed E-state index contributed by atoms with van der Waals surface area (Å²) in [4.78, 5) is 0. The second-order valence-corrected chi connectivity index (χ2v) is 5.55. The van der Waals surface area contributed by atoms with Gasteiger partial charge in [0.15, 0.2) is 35.4 Å². The molecule has 0 radical (unpaired) electrons. The van der Waals surface area contributed by atoms with Gasteiger partial charge in [0.1, 0.15) is 11.1 Å². The van der Waals surface area contributed by atoms with Crippen LogP contribution in [0.25, 0.3) is 27.1 Å². The van der Waals surface area contributed by atoms with Crippen molar-refractivity contribution in [2.45, 2.75) is 0 Å². The fraction of sp³-hybridized carbons (Fsp3) is 0.0556. The minimum absolute atomic E-state index is 0.0208. The predicted octanol–water partition coefficient (Wildman–Crippen LogP) is 2.56. The molecule has 0 spiro atoms. The molecule has 120 valence electrons. The van der Waals surface area contributed by atoms with Crippen LogP contribution in [0.2, 0.25) is 0 Å². The fourth-order valence-electron chi connectivity index (χ4n) is 3.03. The lowest BCUT2D eigenvalue weighted by atomic mass is 10.0. The van der Waals surface area contributed by atoms with Crippen LogP contribution in [-0.2, 0) is 0 Å². The predicted molar refractivity (Wildman–Crippen MR) is 87.8 cm³/mol. The summed E-state index contributed by atoms with van der Waals surface area (Å²) in [5.41, 5.74) is 0.577. The first-order chi connectivity index (χ1) is 11.5. The van der Waals surface area contributed by atoms with Gasteiger partial charge in [0.2, 0.25) is 5.52 Å². The lowest BCUT2D eigenvalue weighted by Crippen LogP contribution is -2.20. The summed E-state index contributed by atoms with van der Waals surface area (Å²) < 4.78 is 6.82. The highest BCUT2D eigenvalue weighted by Crippen LogP contribution is 2.41. The van der Waals surface area contributed by atoms with Crippen LogP contribution < -0.4 is 9.14 Å². The summed E-state index contributed by atoms with van der Waals surface area (Å²) in [5.74, 6) is -0.446. The van der Waals surface area contributed by atoms with Gasteiger partial charge in [0.25, 0.3) is 0 Å². The Morgan fingerprint density at radius 2 is 1.67 bits per heavy atom. The zero-order valence-corrected chi connectivity index (χ0v) is 12.7. The summed E-state index contributed by atoms with van der Waals surface area (Å²) in [6.45, 7) is 0. The third-order valence-corrected chi connectivity index (χ3v) is 4.23. The second kappa shape index (κ2) is 4.79. The summed E-state index contributed by atoms with van der Waals surface area (Å²) in [5, 5.41) is 42.4. The number of benzene rings is 2. The first kappa shape index (κ1) is 14.2. The molecule has 0 aliphatic heterocycles. The Kier molecular flexibility index (Phi) is 2.83. The Balaban J connectivity index is 2.22. The van der Waals surface area contributed by atoms with Gasteiger partial charge in [0.05, 0.1) is 12.5 Å². The number of aromatic nitrogens is 1. The Hall–Kier alpha value is -3.41. The van der Waals surface area contributed by atoms with Crippen LogP contribution >= 0.6 is 0 Å². The topological polar surface area (TPSA) is 94.2 Å². The number of methoxy groups -OCH3 is 1. The van der Waals surface area contributed by atoms with Gasteiger partial charge in [-0.1, -0.05) is 0 Å². The third-order valence-electron chi connectivity index (χ3n) is 4.23. The van der Waals surface area contributed by atoms with Crippen molar-refractivity contribution in [2.24, 2.45) is 0 Å². The van der Waals surface area contributed by atoms with Crippen LogP contribution in [-0.4, -0.2) is 27.5 Å². The maximum atomic E-state index is 10.3. The van der Waals surface area contributed by atoms with Crippen molar-refractivity contribution in [1.82, 2.24) is 0 Å². The molecule has 6 heteroatoms. The van der Waals surface area contributed by atoms with Gasteiger partial charge in [-0.15, -0.1) is 0 Å². The van der Waals surface area contributed by atoms with E-state index in [-0.39, 0.29) is 17.2 Å². The minimum atomic E-state index is -0.397. The van der Waals surface area contributed by atoms with E-state index in [1.807, 2.05) is 0 Å². The van der Waals surface area contributed by atoms with Gasteiger partial charge in [-0.3, -0.25) is 0 Å². The SMILES string of the molecule is COc1ccc2cc3c4c(O)c(O)cc(O)c4cc[n+]3cc2c1O. The summed E-state index contributed by atoms with van der Waals surface area (Å²) in [6.07, 6.45) is 3.40. The second-order valence-electron chi connectivity index (χ2n) is 5.55. The van der Waals surface area contributed by atoms with E-state index in [1.54, 1.807) is 41.1 Å². The van der Waals surface area contributed by atoms with Crippen molar-refractivity contribution in [3.8, 4) is 28.7 Å². The van der Waals surface area contributed by atoms with Crippen LogP contribution in [0.5, 0.6) is 28.7 Å². The van der Waals surface area contributed by atoms with Gasteiger partial charge in [0, 0.05) is 23.6 Å². The quantitative estimate of drug-likeness (QED) is 0.142. The van der Waals surface area contributed by atoms with E-state index in [0.717, 1.165) is 11.5 Å². The Bertz CT molecular complexity index is 1140. The first-order valence-corrected chi connectivity index (χ1v) is 7.22. The zero-order valence-electron chi connectivity index (χ0n) is 12.7. The molecule has 0 saturated heterocycles. The average Bonchev–Trinajstić information content (AvgIpc) is 2.58. The number of ether oxygens (including phenoxy) is 1. The maximum absolute atomic E-state index is 10.3. The van der Waals surface area contributed by atoms with Crippen molar-refractivity contribution >= 4 is 27.1 Å². The molecule has 4 N–H and O–H groups in total. The molecule has 0 aliphatic rings. The molecule has 0 bridgehead atoms. The van der Waals surface area contributed by atoms with Crippen LogP contribution in [0.4, 0.5) is 0 Å². The van der Waals surface area contributed by atoms with E-state index in [2.05, 4.69) is 0 Å². The molecule has 24 heavy (non-hydrogen) atoms. The molecule has 0 saturated carbocycles. The maximum Gasteiger partial charge on any atom is 0.223 e. The Morgan fingerprint density at radius 1 is 0.875 bits per heavy atom. The van der Waals surface area contributed by atoms with Gasteiger partial charge >= 0.3 is 0 Å². The lowest BCUT2D eigenvalue weighted by molar-refractivity contribution is -0.509. The number of nitrogens with zero attached hydrogens (tertiary/aromatic N) is 1. The standard InChI is InChI=1S/C18H13NO5/c1-24-15-3-2-9-6-12-16-10(13(20)7-14(21)18(16)23)4-5-19(12)8-11(9)17(15)22/h2-8H,1H3,(H3,20,21,22,23)/p+1.